The lowest BCUT2D eigenvalue weighted by atomic mass is 9.97. The molecule has 7 heteroatoms. The van der Waals surface area contributed by atoms with E-state index in [0.29, 0.717) is 17.4 Å². The maximum Gasteiger partial charge on any atom is 0.225 e. The van der Waals surface area contributed by atoms with Gasteiger partial charge in [0.05, 0.1) is 11.3 Å². The third kappa shape index (κ3) is 4.10. The van der Waals surface area contributed by atoms with Crippen LogP contribution >= 0.6 is 0 Å². The lowest BCUT2D eigenvalue weighted by molar-refractivity contribution is 0.112. The standard InChI is InChI=1S/C25H26N6O/c1-18-7-8-21-22(13-18)24(29-28-23(21)14-19-5-3-2-4-6-19)30-9-11-31(12-10-30)25-26-15-20(17-32)16-27-25/h2-6,8,13,15-18H,7,9-12,14H2,1H3. The molecule has 0 radical (unpaired) electrons. The zero-order valence-corrected chi connectivity index (χ0v) is 18.2. The van der Waals surface area contributed by atoms with Gasteiger partial charge in [0.2, 0.25) is 5.95 Å². The highest BCUT2D eigenvalue weighted by atomic mass is 16.1. The van der Waals surface area contributed by atoms with E-state index in [0.717, 1.165) is 56.8 Å². The van der Waals surface area contributed by atoms with Crippen molar-refractivity contribution < 1.29 is 4.79 Å². The van der Waals surface area contributed by atoms with Gasteiger partial charge in [0.15, 0.2) is 12.1 Å². The molecule has 0 spiro atoms. The van der Waals surface area contributed by atoms with E-state index in [2.05, 4.69) is 68.2 Å². The Morgan fingerprint density at radius 3 is 2.41 bits per heavy atom. The third-order valence-corrected chi connectivity index (χ3v) is 6.12. The number of rotatable bonds is 5. The average Bonchev–Trinajstić information content (AvgIpc) is 2.85. The summed E-state index contributed by atoms with van der Waals surface area (Å²) in [6.07, 6.45) is 10.4. The summed E-state index contributed by atoms with van der Waals surface area (Å²) in [6.45, 7) is 5.48. The first kappa shape index (κ1) is 20.3. The fraction of sp³-hybridized carbons (Fsp3) is 0.320. The van der Waals surface area contributed by atoms with Crippen LogP contribution in [-0.4, -0.2) is 52.6 Å². The van der Waals surface area contributed by atoms with E-state index >= 15 is 0 Å². The molecule has 1 saturated heterocycles. The van der Waals surface area contributed by atoms with E-state index in [4.69, 9.17) is 5.10 Å². The predicted molar refractivity (Wildman–Crippen MR) is 125 cm³/mol. The molecule has 32 heavy (non-hydrogen) atoms. The third-order valence-electron chi connectivity index (χ3n) is 6.12. The molecule has 2 aromatic heterocycles. The van der Waals surface area contributed by atoms with Crippen molar-refractivity contribution in [2.24, 2.45) is 5.92 Å². The molecule has 1 atom stereocenters. The fourth-order valence-corrected chi connectivity index (χ4v) is 4.37. The van der Waals surface area contributed by atoms with Crippen LogP contribution in [0.25, 0.3) is 12.2 Å². The Morgan fingerprint density at radius 1 is 0.969 bits per heavy atom. The van der Waals surface area contributed by atoms with Crippen molar-refractivity contribution in [3.63, 3.8) is 0 Å². The van der Waals surface area contributed by atoms with Gasteiger partial charge in [-0.1, -0.05) is 49.4 Å². The average molecular weight is 427 g/mol. The first-order valence-electron chi connectivity index (χ1n) is 11.1. The van der Waals surface area contributed by atoms with Crippen LogP contribution in [0, 0.1) is 5.92 Å². The monoisotopic (exact) mass is 426 g/mol. The van der Waals surface area contributed by atoms with Gasteiger partial charge in [-0.2, -0.15) is 5.10 Å². The minimum absolute atomic E-state index is 0.487. The first-order valence-corrected chi connectivity index (χ1v) is 11.1. The molecule has 1 unspecified atom stereocenters. The second-order valence-corrected chi connectivity index (χ2v) is 8.45. The fourth-order valence-electron chi connectivity index (χ4n) is 4.37. The largest absolute Gasteiger partial charge is 0.351 e. The summed E-state index contributed by atoms with van der Waals surface area (Å²) in [6, 6.07) is 10.4. The van der Waals surface area contributed by atoms with E-state index in [-0.39, 0.29) is 0 Å². The number of aldehydes is 1. The molecule has 1 fully saturated rings. The molecule has 5 rings (SSSR count). The molecule has 0 saturated carbocycles. The normalized spacial score (nSPS) is 17.8. The molecule has 3 aromatic rings. The highest BCUT2D eigenvalue weighted by molar-refractivity contribution is 5.73. The Balaban J connectivity index is 1.40. The Bertz CT molecular complexity index is 1220. The highest BCUT2D eigenvalue weighted by Crippen LogP contribution is 2.16. The van der Waals surface area contributed by atoms with Crippen LogP contribution < -0.4 is 20.2 Å². The van der Waals surface area contributed by atoms with Gasteiger partial charge in [0.25, 0.3) is 0 Å². The van der Waals surface area contributed by atoms with Gasteiger partial charge in [0.1, 0.15) is 0 Å². The first-order chi connectivity index (χ1) is 15.7. The lowest BCUT2D eigenvalue weighted by Crippen LogP contribution is -2.50. The van der Waals surface area contributed by atoms with Gasteiger partial charge in [-0.05, 0) is 17.9 Å². The molecular weight excluding hydrogens is 400 g/mol. The summed E-state index contributed by atoms with van der Waals surface area (Å²) < 4.78 is 0. The smallest absolute Gasteiger partial charge is 0.225 e. The van der Waals surface area contributed by atoms with Gasteiger partial charge in [-0.3, -0.25) is 4.79 Å². The van der Waals surface area contributed by atoms with E-state index in [1.807, 2.05) is 6.07 Å². The molecule has 0 N–H and O–H groups in total. The summed E-state index contributed by atoms with van der Waals surface area (Å²) in [5.41, 5.74) is 2.78. The van der Waals surface area contributed by atoms with Gasteiger partial charge in [-0.25, -0.2) is 9.97 Å². The minimum atomic E-state index is 0.487. The Labute approximate surface area is 187 Å². The molecule has 1 aliphatic carbocycles. The molecule has 0 amide bonds. The molecule has 2 aliphatic rings. The maximum atomic E-state index is 10.8. The molecule has 162 valence electrons. The van der Waals surface area contributed by atoms with E-state index in [9.17, 15) is 4.79 Å². The molecule has 1 aromatic carbocycles. The summed E-state index contributed by atoms with van der Waals surface area (Å²) >= 11 is 0. The number of aromatic nitrogens is 4. The van der Waals surface area contributed by atoms with Gasteiger partial charge < -0.3 is 9.80 Å². The Morgan fingerprint density at radius 2 is 1.69 bits per heavy atom. The van der Waals surface area contributed by atoms with Crippen LogP contribution in [0.15, 0.2) is 42.7 Å². The Kier molecular flexibility index (Phi) is 5.62. The van der Waals surface area contributed by atoms with Crippen LogP contribution in [-0.2, 0) is 6.42 Å². The molecule has 1 aliphatic heterocycles. The Hall–Kier alpha value is -3.61. The number of fused-ring (bicyclic) bond motifs is 1. The number of carbonyl (C=O) groups is 1. The molecule has 7 nitrogen and oxygen atoms in total. The van der Waals surface area contributed by atoms with E-state index < -0.39 is 0 Å². The van der Waals surface area contributed by atoms with Gasteiger partial charge in [-0.15, -0.1) is 5.10 Å². The number of carbonyl (C=O) groups excluding carboxylic acids is 1. The number of anilines is 2. The van der Waals surface area contributed by atoms with Crippen molar-refractivity contribution in [1.29, 1.82) is 0 Å². The van der Waals surface area contributed by atoms with Crippen LogP contribution in [0.2, 0.25) is 0 Å². The topological polar surface area (TPSA) is 75.1 Å². The number of nitrogens with zero attached hydrogens (tertiary/aromatic N) is 6. The summed E-state index contributed by atoms with van der Waals surface area (Å²) in [5, 5.41) is 11.8. The summed E-state index contributed by atoms with van der Waals surface area (Å²) in [5.74, 6) is 2.12. The van der Waals surface area contributed by atoms with Crippen molar-refractivity contribution in [2.75, 3.05) is 36.0 Å². The van der Waals surface area contributed by atoms with Crippen molar-refractivity contribution in [1.82, 2.24) is 20.2 Å². The molecule has 0 bridgehead atoms. The van der Waals surface area contributed by atoms with E-state index in [1.54, 1.807) is 12.4 Å². The number of benzene rings is 1. The number of hydrogen-bond donors (Lipinski definition) is 0. The van der Waals surface area contributed by atoms with Crippen LogP contribution in [0.5, 0.6) is 0 Å². The van der Waals surface area contributed by atoms with Crippen molar-refractivity contribution in [3.8, 4) is 0 Å². The van der Waals surface area contributed by atoms with Crippen LogP contribution in [0.4, 0.5) is 11.8 Å². The molecule has 3 heterocycles. The second-order valence-electron chi connectivity index (χ2n) is 8.45. The second kappa shape index (κ2) is 8.86. The number of hydrogen-bond acceptors (Lipinski definition) is 7. The van der Waals surface area contributed by atoms with E-state index in [1.165, 1.54) is 16.0 Å². The highest BCUT2D eigenvalue weighted by Gasteiger charge is 2.22. The van der Waals surface area contributed by atoms with Crippen molar-refractivity contribution in [3.05, 3.63) is 70.0 Å². The maximum absolute atomic E-state index is 10.8. The van der Waals surface area contributed by atoms with Gasteiger partial charge in [0, 0.05) is 55.4 Å². The zero-order chi connectivity index (χ0) is 21.9. The quantitative estimate of drug-likeness (QED) is 0.574. The summed E-state index contributed by atoms with van der Waals surface area (Å²) in [7, 11) is 0. The van der Waals surface area contributed by atoms with Crippen LogP contribution in [0.3, 0.4) is 0 Å². The number of piperazine rings is 1. The zero-order valence-electron chi connectivity index (χ0n) is 18.2. The molecular formula is C25H26N6O. The lowest BCUT2D eigenvalue weighted by Gasteiger charge is -2.35. The predicted octanol–water partition coefficient (Wildman–Crippen LogP) is 1.60. The van der Waals surface area contributed by atoms with Crippen molar-refractivity contribution in [2.45, 2.75) is 19.8 Å². The van der Waals surface area contributed by atoms with Crippen LogP contribution in [0.1, 0.15) is 35.0 Å². The van der Waals surface area contributed by atoms with Gasteiger partial charge >= 0.3 is 0 Å². The van der Waals surface area contributed by atoms with Crippen molar-refractivity contribution >= 4 is 30.2 Å². The minimum Gasteiger partial charge on any atom is -0.351 e. The summed E-state index contributed by atoms with van der Waals surface area (Å²) in [4.78, 5) is 24.0. The SMILES string of the molecule is CC1C=c2c(N3CCN(c4ncc(C=O)cn4)CC3)nnc(Cc3ccccc3)c2=CC1.